The molecule has 0 spiro atoms. The van der Waals surface area contributed by atoms with Crippen molar-refractivity contribution >= 4 is 17.6 Å². The maximum Gasteiger partial charge on any atom is 0.328 e. The van der Waals surface area contributed by atoms with Crippen LogP contribution in [-0.2, 0) is 14.3 Å². The van der Waals surface area contributed by atoms with Gasteiger partial charge in [-0.25, -0.2) is 4.79 Å². The minimum absolute atomic E-state index is 0.0548. The summed E-state index contributed by atoms with van der Waals surface area (Å²) in [7, 11) is 0. The van der Waals surface area contributed by atoms with Crippen LogP contribution in [-0.4, -0.2) is 31.1 Å². The average Bonchev–Trinajstić information content (AvgIpc) is 2.38. The summed E-state index contributed by atoms with van der Waals surface area (Å²) in [6, 6.07) is 6.49. The Labute approximate surface area is 105 Å². The van der Waals surface area contributed by atoms with E-state index in [0.717, 1.165) is 0 Å². The summed E-state index contributed by atoms with van der Waals surface area (Å²) in [4.78, 5) is 25.1. The number of carbonyl (C=O) groups is 2. The molecule has 0 fully saturated rings. The molecule has 5 heteroatoms. The predicted octanol–water partition coefficient (Wildman–Crippen LogP) is 1.36. The highest BCUT2D eigenvalue weighted by Gasteiger charge is 2.33. The molecule has 0 radical (unpaired) electrons. The second kappa shape index (κ2) is 5.08. The Hall–Kier alpha value is -2.04. The van der Waals surface area contributed by atoms with Gasteiger partial charge in [0.1, 0.15) is 11.8 Å². The number of hydrogen-bond acceptors (Lipinski definition) is 4. The molecule has 1 aliphatic heterocycles. The van der Waals surface area contributed by atoms with E-state index < -0.39 is 12.0 Å². The topological polar surface area (TPSA) is 55.8 Å². The lowest BCUT2D eigenvalue weighted by molar-refractivity contribution is -0.145. The fourth-order valence-electron chi connectivity index (χ4n) is 1.91. The fourth-order valence-corrected chi connectivity index (χ4v) is 1.91. The van der Waals surface area contributed by atoms with E-state index in [-0.39, 0.29) is 12.5 Å². The van der Waals surface area contributed by atoms with E-state index in [1.54, 1.807) is 32.0 Å². The monoisotopic (exact) mass is 249 g/mol. The van der Waals surface area contributed by atoms with Crippen molar-refractivity contribution in [1.82, 2.24) is 0 Å². The molecule has 1 aromatic carbocycles. The van der Waals surface area contributed by atoms with Crippen molar-refractivity contribution in [2.24, 2.45) is 0 Å². The third-order valence-electron chi connectivity index (χ3n) is 2.76. The summed E-state index contributed by atoms with van der Waals surface area (Å²) in [6.45, 7) is 3.63. The Balaban J connectivity index is 2.31. The number of carbonyl (C=O) groups excluding carboxylic acids is 2. The van der Waals surface area contributed by atoms with Gasteiger partial charge in [0.05, 0.1) is 12.3 Å². The van der Waals surface area contributed by atoms with Crippen molar-refractivity contribution < 1.29 is 19.1 Å². The van der Waals surface area contributed by atoms with Crippen LogP contribution in [0.5, 0.6) is 5.75 Å². The molecule has 96 valence electrons. The number of benzene rings is 1. The van der Waals surface area contributed by atoms with Crippen LogP contribution >= 0.6 is 0 Å². The van der Waals surface area contributed by atoms with E-state index in [1.165, 1.54) is 4.90 Å². The fraction of sp³-hybridized carbons (Fsp3) is 0.385. The predicted molar refractivity (Wildman–Crippen MR) is 65.5 cm³/mol. The van der Waals surface area contributed by atoms with Gasteiger partial charge in [0.15, 0.2) is 6.61 Å². The molecule has 5 nitrogen and oxygen atoms in total. The maximum absolute atomic E-state index is 11.9. The second-order valence-corrected chi connectivity index (χ2v) is 3.95. The van der Waals surface area contributed by atoms with Gasteiger partial charge >= 0.3 is 5.97 Å². The van der Waals surface area contributed by atoms with Gasteiger partial charge in [-0.05, 0) is 26.0 Å². The largest absolute Gasteiger partial charge is 0.482 e. The third-order valence-corrected chi connectivity index (χ3v) is 2.76. The van der Waals surface area contributed by atoms with Crippen LogP contribution in [0.2, 0.25) is 0 Å². The van der Waals surface area contributed by atoms with E-state index in [2.05, 4.69) is 0 Å². The van der Waals surface area contributed by atoms with Crippen molar-refractivity contribution in [3.8, 4) is 5.75 Å². The SMILES string of the molecule is CCOC(=O)C(C)N1C(=O)COc2ccccc21. The summed E-state index contributed by atoms with van der Waals surface area (Å²) >= 11 is 0. The van der Waals surface area contributed by atoms with Gasteiger partial charge in [0, 0.05) is 0 Å². The molecule has 1 aromatic rings. The zero-order chi connectivity index (χ0) is 13.1. The normalized spacial score (nSPS) is 15.7. The Morgan fingerprint density at radius 3 is 2.94 bits per heavy atom. The average molecular weight is 249 g/mol. The Bertz CT molecular complexity index is 472. The van der Waals surface area contributed by atoms with Crippen LogP contribution in [0.25, 0.3) is 0 Å². The van der Waals surface area contributed by atoms with Gasteiger partial charge in [0.25, 0.3) is 5.91 Å². The van der Waals surface area contributed by atoms with Crippen LogP contribution in [0.4, 0.5) is 5.69 Å². The van der Waals surface area contributed by atoms with Gasteiger partial charge in [-0.15, -0.1) is 0 Å². The van der Waals surface area contributed by atoms with E-state index in [1.807, 2.05) is 6.07 Å². The number of para-hydroxylation sites is 2. The number of anilines is 1. The third kappa shape index (κ3) is 2.16. The minimum Gasteiger partial charge on any atom is -0.482 e. The minimum atomic E-state index is -0.650. The Morgan fingerprint density at radius 1 is 1.50 bits per heavy atom. The Kier molecular flexibility index (Phi) is 3.50. The number of rotatable bonds is 3. The molecular formula is C13H15NO4. The first-order valence-corrected chi connectivity index (χ1v) is 5.85. The highest BCUT2D eigenvalue weighted by molar-refractivity contribution is 6.02. The maximum atomic E-state index is 11.9. The molecule has 1 amide bonds. The first-order chi connectivity index (χ1) is 8.65. The molecule has 18 heavy (non-hydrogen) atoms. The first-order valence-electron chi connectivity index (χ1n) is 5.85. The number of fused-ring (bicyclic) bond motifs is 1. The number of ether oxygens (including phenoxy) is 2. The van der Waals surface area contributed by atoms with Crippen LogP contribution < -0.4 is 9.64 Å². The molecule has 0 aromatic heterocycles. The van der Waals surface area contributed by atoms with Crippen molar-refractivity contribution in [3.63, 3.8) is 0 Å². The summed E-state index contributed by atoms with van der Waals surface area (Å²) in [5.74, 6) is -0.0509. The molecule has 0 N–H and O–H groups in total. The van der Waals surface area contributed by atoms with Crippen LogP contribution in [0.15, 0.2) is 24.3 Å². The molecule has 2 rings (SSSR count). The van der Waals surface area contributed by atoms with E-state index in [9.17, 15) is 9.59 Å². The van der Waals surface area contributed by atoms with Crippen LogP contribution in [0.1, 0.15) is 13.8 Å². The van der Waals surface area contributed by atoms with Crippen molar-refractivity contribution in [3.05, 3.63) is 24.3 Å². The van der Waals surface area contributed by atoms with Crippen molar-refractivity contribution in [1.29, 1.82) is 0 Å². The number of esters is 1. The first kappa shape index (κ1) is 12.4. The number of nitrogens with zero attached hydrogens (tertiary/aromatic N) is 1. The lowest BCUT2D eigenvalue weighted by atomic mass is 10.2. The van der Waals surface area contributed by atoms with Crippen molar-refractivity contribution in [2.75, 3.05) is 18.1 Å². The quantitative estimate of drug-likeness (QED) is 0.759. The van der Waals surface area contributed by atoms with E-state index in [0.29, 0.717) is 18.0 Å². The second-order valence-electron chi connectivity index (χ2n) is 3.95. The van der Waals surface area contributed by atoms with Gasteiger partial charge < -0.3 is 9.47 Å². The molecule has 0 bridgehead atoms. The van der Waals surface area contributed by atoms with E-state index >= 15 is 0 Å². The molecular weight excluding hydrogens is 234 g/mol. The summed E-state index contributed by atoms with van der Waals surface area (Å²) in [5.41, 5.74) is 0.606. The zero-order valence-corrected chi connectivity index (χ0v) is 10.4. The number of amides is 1. The summed E-state index contributed by atoms with van der Waals surface area (Å²) in [5, 5.41) is 0. The molecule has 0 saturated carbocycles. The lowest BCUT2D eigenvalue weighted by Crippen LogP contribution is -2.48. The van der Waals surface area contributed by atoms with Crippen LogP contribution in [0.3, 0.4) is 0 Å². The van der Waals surface area contributed by atoms with E-state index in [4.69, 9.17) is 9.47 Å². The van der Waals surface area contributed by atoms with Crippen LogP contribution in [0, 0.1) is 0 Å². The molecule has 0 aliphatic carbocycles. The molecule has 1 atom stereocenters. The van der Waals surface area contributed by atoms with Gasteiger partial charge in [-0.1, -0.05) is 12.1 Å². The molecule has 1 unspecified atom stereocenters. The Morgan fingerprint density at radius 2 is 2.22 bits per heavy atom. The smallest absolute Gasteiger partial charge is 0.328 e. The standard InChI is InChI=1S/C13H15NO4/c1-3-17-13(16)9(2)14-10-6-4-5-7-11(10)18-8-12(14)15/h4-7,9H,3,8H2,1-2H3. The highest BCUT2D eigenvalue weighted by atomic mass is 16.5. The summed E-state index contributed by atoms with van der Waals surface area (Å²) in [6.07, 6.45) is 0. The lowest BCUT2D eigenvalue weighted by Gasteiger charge is -2.32. The summed E-state index contributed by atoms with van der Waals surface area (Å²) < 4.78 is 10.3. The zero-order valence-electron chi connectivity index (χ0n) is 10.4. The highest BCUT2D eigenvalue weighted by Crippen LogP contribution is 2.32. The van der Waals surface area contributed by atoms with Gasteiger partial charge in [0.2, 0.25) is 0 Å². The van der Waals surface area contributed by atoms with Gasteiger partial charge in [-0.2, -0.15) is 0 Å². The molecule has 1 heterocycles. The molecule has 0 saturated heterocycles. The molecule has 1 aliphatic rings. The number of hydrogen-bond donors (Lipinski definition) is 0. The van der Waals surface area contributed by atoms with Gasteiger partial charge in [-0.3, -0.25) is 9.69 Å². The van der Waals surface area contributed by atoms with Crippen molar-refractivity contribution in [2.45, 2.75) is 19.9 Å².